The van der Waals surface area contributed by atoms with Gasteiger partial charge in [0.25, 0.3) is 15.9 Å². The van der Waals surface area contributed by atoms with Crippen molar-refractivity contribution in [3.05, 3.63) is 88.9 Å². The molecule has 1 fully saturated rings. The van der Waals surface area contributed by atoms with Crippen molar-refractivity contribution in [3.8, 4) is 0 Å². The predicted octanol–water partition coefficient (Wildman–Crippen LogP) is 4.23. The molecule has 4 rings (SSSR count). The van der Waals surface area contributed by atoms with E-state index in [9.17, 15) is 13.2 Å². The summed E-state index contributed by atoms with van der Waals surface area (Å²) >= 11 is 6.04. The molecule has 1 aliphatic heterocycles. The molecule has 172 valence electrons. The van der Waals surface area contributed by atoms with Gasteiger partial charge in [-0.05, 0) is 54.1 Å². The number of nitrogens with zero attached hydrogens (tertiary/aromatic N) is 1. The van der Waals surface area contributed by atoms with Crippen molar-refractivity contribution in [3.63, 3.8) is 0 Å². The molecule has 3 aromatic rings. The minimum absolute atomic E-state index is 0.0629. The lowest BCUT2D eigenvalue weighted by Gasteiger charge is -2.26. The Labute approximate surface area is 198 Å². The van der Waals surface area contributed by atoms with Gasteiger partial charge in [0.15, 0.2) is 0 Å². The monoisotopic (exact) mass is 485 g/mol. The Morgan fingerprint density at radius 2 is 1.70 bits per heavy atom. The van der Waals surface area contributed by atoms with Crippen LogP contribution in [-0.4, -0.2) is 45.5 Å². The van der Waals surface area contributed by atoms with Gasteiger partial charge in [-0.2, -0.15) is 0 Å². The Hall–Kier alpha value is -2.91. The van der Waals surface area contributed by atoms with Crippen molar-refractivity contribution in [2.45, 2.75) is 11.4 Å². The maximum atomic E-state index is 12.7. The molecule has 0 radical (unpaired) electrons. The summed E-state index contributed by atoms with van der Waals surface area (Å²) in [7, 11) is -3.81. The number of hydrogen-bond donors (Lipinski definition) is 2. The molecule has 33 heavy (non-hydrogen) atoms. The van der Waals surface area contributed by atoms with Crippen LogP contribution >= 0.6 is 11.6 Å². The number of anilines is 2. The van der Waals surface area contributed by atoms with Crippen molar-refractivity contribution in [1.29, 1.82) is 0 Å². The third-order valence-corrected chi connectivity index (χ3v) is 6.95. The highest BCUT2D eigenvalue weighted by Crippen LogP contribution is 2.24. The molecule has 1 amide bonds. The van der Waals surface area contributed by atoms with Gasteiger partial charge in [0, 0.05) is 30.9 Å². The molecule has 0 unspecified atom stereocenters. The fourth-order valence-electron chi connectivity index (χ4n) is 3.50. The molecule has 1 aliphatic rings. The number of amides is 1. The topological polar surface area (TPSA) is 87.7 Å². The predicted molar refractivity (Wildman–Crippen MR) is 129 cm³/mol. The summed E-state index contributed by atoms with van der Waals surface area (Å²) in [4.78, 5) is 15.1. The average Bonchev–Trinajstić information content (AvgIpc) is 2.82. The van der Waals surface area contributed by atoms with Crippen LogP contribution in [0.5, 0.6) is 0 Å². The van der Waals surface area contributed by atoms with Gasteiger partial charge in [0.05, 0.1) is 28.8 Å². The van der Waals surface area contributed by atoms with Gasteiger partial charge in [-0.1, -0.05) is 35.9 Å². The molecule has 1 heterocycles. The number of carbonyl (C=O) groups is 1. The number of halogens is 1. The van der Waals surface area contributed by atoms with Crippen LogP contribution in [-0.2, 0) is 21.3 Å². The maximum Gasteiger partial charge on any atom is 0.261 e. The van der Waals surface area contributed by atoms with Crippen LogP contribution in [0.25, 0.3) is 0 Å². The molecule has 0 atom stereocenters. The van der Waals surface area contributed by atoms with Crippen LogP contribution in [0.15, 0.2) is 77.7 Å². The number of carbonyl (C=O) groups excluding carboxylic acids is 1. The van der Waals surface area contributed by atoms with E-state index in [1.807, 2.05) is 18.2 Å². The van der Waals surface area contributed by atoms with Gasteiger partial charge in [-0.3, -0.25) is 14.4 Å². The zero-order valence-electron chi connectivity index (χ0n) is 17.8. The van der Waals surface area contributed by atoms with Gasteiger partial charge in [-0.25, -0.2) is 8.42 Å². The molecule has 0 aromatic heterocycles. The molecule has 0 spiro atoms. The number of benzene rings is 3. The fraction of sp³-hybridized carbons (Fsp3) is 0.208. The molecule has 9 heteroatoms. The highest BCUT2D eigenvalue weighted by molar-refractivity contribution is 7.92. The van der Waals surface area contributed by atoms with Crippen molar-refractivity contribution < 1.29 is 17.9 Å². The first-order valence-corrected chi connectivity index (χ1v) is 12.3. The summed E-state index contributed by atoms with van der Waals surface area (Å²) in [5.74, 6) is -0.261. The Morgan fingerprint density at radius 1 is 0.970 bits per heavy atom. The normalized spacial score (nSPS) is 14.6. The average molecular weight is 486 g/mol. The fourth-order valence-corrected chi connectivity index (χ4v) is 4.82. The Balaban J connectivity index is 1.41. The second kappa shape index (κ2) is 10.4. The molecular weight excluding hydrogens is 462 g/mol. The zero-order valence-corrected chi connectivity index (χ0v) is 19.4. The Morgan fingerprint density at radius 3 is 2.42 bits per heavy atom. The van der Waals surface area contributed by atoms with Crippen LogP contribution in [0, 0.1) is 0 Å². The molecular formula is C24H24ClN3O4S. The van der Waals surface area contributed by atoms with E-state index in [0.717, 1.165) is 38.4 Å². The van der Waals surface area contributed by atoms with Crippen LogP contribution < -0.4 is 10.0 Å². The molecule has 1 saturated heterocycles. The zero-order chi connectivity index (χ0) is 23.3. The first-order chi connectivity index (χ1) is 15.9. The number of sulfonamides is 1. The lowest BCUT2D eigenvalue weighted by molar-refractivity contribution is 0.0342. The Kier molecular flexibility index (Phi) is 7.29. The third kappa shape index (κ3) is 6.11. The SMILES string of the molecule is O=C(Nc1ccc(S(=O)(=O)Nc2ccccc2Cl)cc1)c1cccc(CN2CCOCC2)c1. The number of nitrogens with one attached hydrogen (secondary N) is 2. The van der Waals surface area contributed by atoms with Crippen molar-refractivity contribution in [2.24, 2.45) is 0 Å². The van der Waals surface area contributed by atoms with E-state index in [1.165, 1.54) is 12.1 Å². The van der Waals surface area contributed by atoms with E-state index in [2.05, 4.69) is 14.9 Å². The van der Waals surface area contributed by atoms with Gasteiger partial charge in [0.1, 0.15) is 0 Å². The van der Waals surface area contributed by atoms with Crippen LogP contribution in [0.2, 0.25) is 5.02 Å². The maximum absolute atomic E-state index is 12.7. The Bertz CT molecular complexity index is 1230. The van der Waals surface area contributed by atoms with Gasteiger partial charge in [-0.15, -0.1) is 0 Å². The summed E-state index contributed by atoms with van der Waals surface area (Å²) in [5, 5.41) is 3.12. The van der Waals surface area contributed by atoms with E-state index in [4.69, 9.17) is 16.3 Å². The quantitative estimate of drug-likeness (QED) is 0.523. The number of morpholine rings is 1. The highest BCUT2D eigenvalue weighted by atomic mass is 35.5. The summed E-state index contributed by atoms with van der Waals surface area (Å²) in [6.07, 6.45) is 0. The molecule has 2 N–H and O–H groups in total. The molecule has 0 aliphatic carbocycles. The number of hydrogen-bond acceptors (Lipinski definition) is 5. The lowest BCUT2D eigenvalue weighted by Crippen LogP contribution is -2.35. The van der Waals surface area contributed by atoms with E-state index >= 15 is 0 Å². The summed E-state index contributed by atoms with van der Waals surface area (Å²) < 4.78 is 33.1. The standard InChI is InChI=1S/C24H24ClN3O4S/c25-22-6-1-2-7-23(22)27-33(30,31)21-10-8-20(9-11-21)26-24(29)19-5-3-4-18(16-19)17-28-12-14-32-15-13-28/h1-11,16,27H,12-15,17H2,(H,26,29). The van der Waals surface area contributed by atoms with Crippen LogP contribution in [0.1, 0.15) is 15.9 Å². The first kappa shape index (κ1) is 23.3. The van der Waals surface area contributed by atoms with Gasteiger partial charge in [0.2, 0.25) is 0 Å². The van der Waals surface area contributed by atoms with Crippen LogP contribution in [0.4, 0.5) is 11.4 Å². The van der Waals surface area contributed by atoms with Gasteiger partial charge >= 0.3 is 0 Å². The lowest BCUT2D eigenvalue weighted by atomic mass is 10.1. The highest BCUT2D eigenvalue weighted by Gasteiger charge is 2.16. The van der Waals surface area contributed by atoms with E-state index < -0.39 is 10.0 Å². The summed E-state index contributed by atoms with van der Waals surface area (Å²) in [6, 6.07) is 20.1. The van der Waals surface area contributed by atoms with Crippen molar-refractivity contribution in [1.82, 2.24) is 4.90 Å². The van der Waals surface area contributed by atoms with E-state index in [1.54, 1.807) is 42.5 Å². The minimum atomic E-state index is -3.81. The van der Waals surface area contributed by atoms with Crippen LogP contribution in [0.3, 0.4) is 0 Å². The second-order valence-corrected chi connectivity index (χ2v) is 9.74. The number of rotatable bonds is 7. The first-order valence-electron chi connectivity index (χ1n) is 10.5. The number of para-hydroxylation sites is 1. The smallest absolute Gasteiger partial charge is 0.261 e. The minimum Gasteiger partial charge on any atom is -0.379 e. The second-order valence-electron chi connectivity index (χ2n) is 7.65. The summed E-state index contributed by atoms with van der Waals surface area (Å²) in [6.45, 7) is 3.95. The van der Waals surface area contributed by atoms with E-state index in [0.29, 0.717) is 22.0 Å². The third-order valence-electron chi connectivity index (χ3n) is 5.24. The molecule has 0 saturated carbocycles. The molecule has 3 aromatic carbocycles. The molecule has 7 nitrogen and oxygen atoms in total. The van der Waals surface area contributed by atoms with Crippen molar-refractivity contribution >= 4 is 38.9 Å². The van der Waals surface area contributed by atoms with Crippen molar-refractivity contribution in [2.75, 3.05) is 36.3 Å². The summed E-state index contributed by atoms with van der Waals surface area (Å²) in [5.41, 5.74) is 2.39. The number of ether oxygens (including phenoxy) is 1. The largest absolute Gasteiger partial charge is 0.379 e. The van der Waals surface area contributed by atoms with E-state index in [-0.39, 0.29) is 10.8 Å². The van der Waals surface area contributed by atoms with Gasteiger partial charge < -0.3 is 10.1 Å². The molecule has 0 bridgehead atoms.